The van der Waals surface area contributed by atoms with Gasteiger partial charge in [-0.25, -0.2) is 0 Å². The molecular weight excluding hydrogens is 252 g/mol. The molecule has 100 valence electrons. The predicted molar refractivity (Wildman–Crippen MR) is 74.1 cm³/mol. The van der Waals surface area contributed by atoms with Crippen LogP contribution >= 0.6 is 11.6 Å². The number of amides is 1. The highest BCUT2D eigenvalue weighted by Crippen LogP contribution is 2.14. The number of ether oxygens (including phenoxy) is 1. The summed E-state index contributed by atoms with van der Waals surface area (Å²) in [5.74, 6) is -0.0171. The van der Waals surface area contributed by atoms with Crippen LogP contribution in [0.1, 0.15) is 12.8 Å². The molecule has 2 N–H and O–H groups in total. The molecule has 1 aromatic rings. The van der Waals surface area contributed by atoms with Crippen LogP contribution in [-0.4, -0.2) is 32.7 Å². The van der Waals surface area contributed by atoms with Crippen molar-refractivity contribution in [3.05, 3.63) is 29.3 Å². The molecule has 0 aromatic heterocycles. The highest BCUT2D eigenvalue weighted by Gasteiger charge is 2.02. The smallest absolute Gasteiger partial charge is 0.225 e. The van der Waals surface area contributed by atoms with Crippen molar-refractivity contribution in [1.82, 2.24) is 5.32 Å². The van der Waals surface area contributed by atoms with Crippen LogP contribution in [0.15, 0.2) is 24.3 Å². The van der Waals surface area contributed by atoms with Crippen LogP contribution in [0, 0.1) is 0 Å². The summed E-state index contributed by atoms with van der Waals surface area (Å²) in [6.07, 6.45) is 1.39. The number of halogens is 1. The van der Waals surface area contributed by atoms with Gasteiger partial charge in [-0.2, -0.15) is 0 Å². The SMILES string of the molecule is COCCCNCCC(=O)Nc1cccc(Cl)c1. The number of benzene rings is 1. The average molecular weight is 271 g/mol. The number of hydrogen-bond donors (Lipinski definition) is 2. The molecule has 0 saturated carbocycles. The topological polar surface area (TPSA) is 50.4 Å². The van der Waals surface area contributed by atoms with Gasteiger partial charge in [0.2, 0.25) is 5.91 Å². The van der Waals surface area contributed by atoms with Gasteiger partial charge in [-0.1, -0.05) is 17.7 Å². The standard InChI is InChI=1S/C13H19ClN2O2/c1-18-9-3-7-15-8-6-13(17)16-12-5-2-4-11(14)10-12/h2,4-5,10,15H,3,6-9H2,1H3,(H,16,17). The van der Waals surface area contributed by atoms with E-state index in [0.29, 0.717) is 18.0 Å². The van der Waals surface area contributed by atoms with Gasteiger partial charge in [-0.15, -0.1) is 0 Å². The zero-order chi connectivity index (χ0) is 13.2. The van der Waals surface area contributed by atoms with E-state index in [1.807, 2.05) is 6.07 Å². The molecule has 0 aliphatic heterocycles. The molecular formula is C13H19ClN2O2. The van der Waals surface area contributed by atoms with E-state index in [1.54, 1.807) is 25.3 Å². The molecule has 0 fully saturated rings. The van der Waals surface area contributed by atoms with Crippen LogP contribution in [0.4, 0.5) is 5.69 Å². The van der Waals surface area contributed by atoms with Crippen LogP contribution in [-0.2, 0) is 9.53 Å². The Labute approximate surface area is 113 Å². The summed E-state index contributed by atoms with van der Waals surface area (Å²) in [7, 11) is 1.68. The van der Waals surface area contributed by atoms with Crippen molar-refractivity contribution in [3.8, 4) is 0 Å². The summed E-state index contributed by atoms with van der Waals surface area (Å²) in [6.45, 7) is 2.26. The minimum absolute atomic E-state index is 0.0171. The lowest BCUT2D eigenvalue weighted by atomic mass is 10.3. The van der Waals surface area contributed by atoms with E-state index in [0.717, 1.165) is 25.3 Å². The summed E-state index contributed by atoms with van der Waals surface area (Å²) >= 11 is 5.83. The first-order valence-electron chi connectivity index (χ1n) is 5.97. The van der Waals surface area contributed by atoms with Gasteiger partial charge in [0.1, 0.15) is 0 Å². The minimum Gasteiger partial charge on any atom is -0.385 e. The van der Waals surface area contributed by atoms with Crippen LogP contribution in [0.25, 0.3) is 0 Å². The Hall–Kier alpha value is -1.10. The first-order valence-corrected chi connectivity index (χ1v) is 6.35. The van der Waals surface area contributed by atoms with E-state index in [4.69, 9.17) is 16.3 Å². The van der Waals surface area contributed by atoms with E-state index >= 15 is 0 Å². The Morgan fingerprint density at radius 1 is 1.39 bits per heavy atom. The van der Waals surface area contributed by atoms with Crippen molar-refractivity contribution in [2.24, 2.45) is 0 Å². The summed E-state index contributed by atoms with van der Waals surface area (Å²) in [6, 6.07) is 7.12. The number of hydrogen-bond acceptors (Lipinski definition) is 3. The van der Waals surface area contributed by atoms with Crippen molar-refractivity contribution in [1.29, 1.82) is 0 Å². The van der Waals surface area contributed by atoms with E-state index in [1.165, 1.54) is 0 Å². The van der Waals surface area contributed by atoms with Gasteiger partial charge in [0.05, 0.1) is 0 Å². The maximum atomic E-state index is 11.6. The number of rotatable bonds is 8. The molecule has 0 spiro atoms. The maximum Gasteiger partial charge on any atom is 0.225 e. The summed E-state index contributed by atoms with van der Waals surface area (Å²) in [5.41, 5.74) is 0.729. The Balaban J connectivity index is 2.14. The predicted octanol–water partition coefficient (Wildman–Crippen LogP) is 2.29. The normalized spacial score (nSPS) is 10.3. The highest BCUT2D eigenvalue weighted by atomic mass is 35.5. The van der Waals surface area contributed by atoms with E-state index < -0.39 is 0 Å². The largest absolute Gasteiger partial charge is 0.385 e. The van der Waals surface area contributed by atoms with Crippen molar-refractivity contribution in [2.45, 2.75) is 12.8 Å². The van der Waals surface area contributed by atoms with Gasteiger partial charge in [0.15, 0.2) is 0 Å². The third-order valence-corrected chi connectivity index (χ3v) is 2.57. The Kier molecular flexibility index (Phi) is 7.41. The van der Waals surface area contributed by atoms with Gasteiger partial charge in [0.25, 0.3) is 0 Å². The molecule has 0 saturated heterocycles. The van der Waals surface area contributed by atoms with Crippen LogP contribution in [0.5, 0.6) is 0 Å². The lowest BCUT2D eigenvalue weighted by Gasteiger charge is -2.06. The summed E-state index contributed by atoms with van der Waals surface area (Å²) in [5, 5.41) is 6.59. The van der Waals surface area contributed by atoms with Crippen LogP contribution < -0.4 is 10.6 Å². The monoisotopic (exact) mass is 270 g/mol. The molecule has 0 atom stereocenters. The molecule has 1 amide bonds. The molecule has 0 unspecified atom stereocenters. The first-order chi connectivity index (χ1) is 8.72. The van der Waals surface area contributed by atoms with E-state index in [2.05, 4.69) is 10.6 Å². The minimum atomic E-state index is -0.0171. The van der Waals surface area contributed by atoms with E-state index in [9.17, 15) is 4.79 Å². The second-order valence-corrected chi connectivity index (χ2v) is 4.34. The van der Waals surface area contributed by atoms with Crippen LogP contribution in [0.3, 0.4) is 0 Å². The molecule has 0 heterocycles. The zero-order valence-corrected chi connectivity index (χ0v) is 11.3. The molecule has 0 aliphatic carbocycles. The lowest BCUT2D eigenvalue weighted by Crippen LogP contribution is -2.23. The number of methoxy groups -OCH3 is 1. The molecule has 1 rings (SSSR count). The average Bonchev–Trinajstić information content (AvgIpc) is 2.33. The number of nitrogens with one attached hydrogen (secondary N) is 2. The van der Waals surface area contributed by atoms with Gasteiger partial charge >= 0.3 is 0 Å². The number of carbonyl (C=O) groups is 1. The Bertz CT molecular complexity index is 372. The lowest BCUT2D eigenvalue weighted by molar-refractivity contribution is -0.116. The fraction of sp³-hybridized carbons (Fsp3) is 0.462. The third-order valence-electron chi connectivity index (χ3n) is 2.34. The molecule has 0 radical (unpaired) electrons. The second-order valence-electron chi connectivity index (χ2n) is 3.90. The van der Waals surface area contributed by atoms with Gasteiger partial charge < -0.3 is 15.4 Å². The van der Waals surface area contributed by atoms with E-state index in [-0.39, 0.29) is 5.91 Å². The highest BCUT2D eigenvalue weighted by molar-refractivity contribution is 6.30. The summed E-state index contributed by atoms with van der Waals surface area (Å²) in [4.78, 5) is 11.6. The summed E-state index contributed by atoms with van der Waals surface area (Å²) < 4.78 is 4.93. The fourth-order valence-corrected chi connectivity index (χ4v) is 1.65. The molecule has 4 nitrogen and oxygen atoms in total. The molecule has 18 heavy (non-hydrogen) atoms. The maximum absolute atomic E-state index is 11.6. The number of carbonyl (C=O) groups excluding carboxylic acids is 1. The Morgan fingerprint density at radius 3 is 2.94 bits per heavy atom. The second kappa shape index (κ2) is 8.91. The zero-order valence-electron chi connectivity index (χ0n) is 10.5. The molecule has 0 aliphatic rings. The molecule has 5 heteroatoms. The Morgan fingerprint density at radius 2 is 2.22 bits per heavy atom. The fourth-order valence-electron chi connectivity index (χ4n) is 1.46. The van der Waals surface area contributed by atoms with Crippen molar-refractivity contribution >= 4 is 23.2 Å². The third kappa shape index (κ3) is 6.59. The molecule has 0 bridgehead atoms. The quantitative estimate of drug-likeness (QED) is 0.713. The van der Waals surface area contributed by atoms with Gasteiger partial charge in [-0.05, 0) is 31.2 Å². The first kappa shape index (κ1) is 15.0. The number of anilines is 1. The van der Waals surface area contributed by atoms with Crippen LogP contribution in [0.2, 0.25) is 5.02 Å². The van der Waals surface area contributed by atoms with Crippen molar-refractivity contribution in [3.63, 3.8) is 0 Å². The van der Waals surface area contributed by atoms with Crippen molar-refractivity contribution < 1.29 is 9.53 Å². The van der Waals surface area contributed by atoms with Crippen molar-refractivity contribution in [2.75, 3.05) is 32.1 Å². The van der Waals surface area contributed by atoms with Gasteiger partial charge in [0, 0.05) is 37.4 Å². The molecule has 1 aromatic carbocycles. The van der Waals surface area contributed by atoms with Gasteiger partial charge in [-0.3, -0.25) is 4.79 Å².